The minimum absolute atomic E-state index is 0.0931. The minimum Gasteiger partial charge on any atom is -0.326 e. The Morgan fingerprint density at radius 3 is 2.68 bits per heavy atom. The second-order valence-corrected chi connectivity index (χ2v) is 6.50. The summed E-state index contributed by atoms with van der Waals surface area (Å²) in [7, 11) is 0. The van der Waals surface area contributed by atoms with E-state index in [-0.39, 0.29) is 23.5 Å². The molecule has 0 aliphatic rings. The van der Waals surface area contributed by atoms with E-state index in [2.05, 4.69) is 24.1 Å². The average molecular weight is 337 g/mol. The van der Waals surface area contributed by atoms with Crippen molar-refractivity contribution in [3.8, 4) is 6.07 Å². The van der Waals surface area contributed by atoms with E-state index < -0.39 is 0 Å². The van der Waals surface area contributed by atoms with Crippen molar-refractivity contribution in [1.82, 2.24) is 4.98 Å². The number of benzene rings is 1. The quantitative estimate of drug-likeness (QED) is 0.874. The van der Waals surface area contributed by atoms with Gasteiger partial charge in [0.1, 0.15) is 11.6 Å². The molecule has 1 aromatic heterocycles. The van der Waals surface area contributed by atoms with Gasteiger partial charge in [-0.25, -0.2) is 0 Å². The van der Waals surface area contributed by atoms with Crippen LogP contribution in [0.25, 0.3) is 0 Å². The Balaban J connectivity index is 2.10. The van der Waals surface area contributed by atoms with Crippen LogP contribution in [0.2, 0.25) is 0 Å². The van der Waals surface area contributed by atoms with Crippen LogP contribution >= 0.6 is 0 Å². The van der Waals surface area contributed by atoms with Crippen LogP contribution in [0.1, 0.15) is 54.1 Å². The SMILES string of the molecule is Cc1[nH]c(=O)c(C#N)c(C)c1CCC(=O)Nc1cccc(C(C)C)c1. The van der Waals surface area contributed by atoms with Gasteiger partial charge in [-0.2, -0.15) is 5.26 Å². The minimum atomic E-state index is -0.379. The van der Waals surface area contributed by atoms with E-state index in [0.29, 0.717) is 23.6 Å². The van der Waals surface area contributed by atoms with Crippen molar-refractivity contribution in [1.29, 1.82) is 5.26 Å². The van der Waals surface area contributed by atoms with Gasteiger partial charge in [-0.15, -0.1) is 0 Å². The summed E-state index contributed by atoms with van der Waals surface area (Å²) in [6.45, 7) is 7.75. The van der Waals surface area contributed by atoms with Gasteiger partial charge >= 0.3 is 0 Å². The van der Waals surface area contributed by atoms with Crippen LogP contribution in [-0.4, -0.2) is 10.9 Å². The number of amides is 1. The number of rotatable bonds is 5. The van der Waals surface area contributed by atoms with E-state index in [1.807, 2.05) is 30.3 Å². The Hall–Kier alpha value is -2.87. The number of H-pyrrole nitrogens is 1. The Morgan fingerprint density at radius 1 is 1.32 bits per heavy atom. The molecule has 0 saturated heterocycles. The number of aromatic nitrogens is 1. The van der Waals surface area contributed by atoms with Gasteiger partial charge in [-0.1, -0.05) is 26.0 Å². The molecule has 5 heteroatoms. The predicted octanol–water partition coefficient (Wildman–Crippen LogP) is 3.56. The van der Waals surface area contributed by atoms with Crippen LogP contribution in [0.3, 0.4) is 0 Å². The highest BCUT2D eigenvalue weighted by atomic mass is 16.1. The van der Waals surface area contributed by atoms with Crippen molar-refractivity contribution in [2.24, 2.45) is 0 Å². The molecule has 5 nitrogen and oxygen atoms in total. The van der Waals surface area contributed by atoms with E-state index in [0.717, 1.165) is 11.3 Å². The Kier molecular flexibility index (Phi) is 5.76. The lowest BCUT2D eigenvalue weighted by molar-refractivity contribution is -0.116. The van der Waals surface area contributed by atoms with Gasteiger partial charge < -0.3 is 10.3 Å². The maximum atomic E-state index is 12.3. The van der Waals surface area contributed by atoms with Crippen molar-refractivity contribution < 1.29 is 4.79 Å². The van der Waals surface area contributed by atoms with Gasteiger partial charge in [-0.05, 0) is 55.0 Å². The lowest BCUT2D eigenvalue weighted by atomic mass is 9.99. The molecule has 0 bridgehead atoms. The van der Waals surface area contributed by atoms with Crippen molar-refractivity contribution >= 4 is 11.6 Å². The standard InChI is InChI=1S/C20H23N3O2/c1-12(2)15-6-5-7-16(10-15)23-19(24)9-8-17-13(3)18(11-21)20(25)22-14(17)4/h5-7,10,12H,8-9H2,1-4H3,(H,22,25)(H,23,24). The molecule has 0 aliphatic carbocycles. The summed E-state index contributed by atoms with van der Waals surface area (Å²) in [5.74, 6) is 0.303. The number of aryl methyl sites for hydroxylation is 1. The maximum absolute atomic E-state index is 12.3. The van der Waals surface area contributed by atoms with Crippen molar-refractivity contribution in [2.75, 3.05) is 5.32 Å². The summed E-state index contributed by atoms with van der Waals surface area (Å²) in [4.78, 5) is 26.7. The van der Waals surface area contributed by atoms with E-state index in [4.69, 9.17) is 5.26 Å². The van der Waals surface area contributed by atoms with Gasteiger partial charge in [0.15, 0.2) is 0 Å². The van der Waals surface area contributed by atoms with E-state index in [9.17, 15) is 9.59 Å². The topological polar surface area (TPSA) is 85.8 Å². The molecule has 0 atom stereocenters. The third-order valence-electron chi connectivity index (χ3n) is 4.36. The number of nitrogens with zero attached hydrogens (tertiary/aromatic N) is 1. The third-order valence-corrected chi connectivity index (χ3v) is 4.36. The number of nitrogens with one attached hydrogen (secondary N) is 2. The first-order chi connectivity index (χ1) is 11.8. The molecule has 1 aromatic carbocycles. The number of nitriles is 1. The van der Waals surface area contributed by atoms with Crippen LogP contribution in [0.5, 0.6) is 0 Å². The van der Waals surface area contributed by atoms with E-state index >= 15 is 0 Å². The molecule has 0 saturated carbocycles. The number of aromatic amines is 1. The van der Waals surface area contributed by atoms with Crippen LogP contribution < -0.4 is 10.9 Å². The molecule has 2 aromatic rings. The maximum Gasteiger partial charge on any atom is 0.266 e. The van der Waals surface area contributed by atoms with Crippen LogP contribution in [0, 0.1) is 25.2 Å². The Bertz CT molecular complexity index is 889. The van der Waals surface area contributed by atoms with Crippen LogP contribution in [0.4, 0.5) is 5.69 Å². The molecule has 0 spiro atoms. The van der Waals surface area contributed by atoms with Crippen LogP contribution in [-0.2, 0) is 11.2 Å². The van der Waals surface area contributed by atoms with Gasteiger partial charge in [0.2, 0.25) is 5.91 Å². The molecule has 2 N–H and O–H groups in total. The van der Waals surface area contributed by atoms with E-state index in [1.165, 1.54) is 5.56 Å². The summed E-state index contributed by atoms with van der Waals surface area (Å²) < 4.78 is 0. The fourth-order valence-corrected chi connectivity index (χ4v) is 2.86. The first-order valence-electron chi connectivity index (χ1n) is 8.35. The number of carbonyl (C=O) groups excluding carboxylic acids is 1. The highest BCUT2D eigenvalue weighted by Gasteiger charge is 2.13. The molecule has 0 radical (unpaired) electrons. The summed E-state index contributed by atoms with van der Waals surface area (Å²) in [5, 5.41) is 12.0. The molecule has 0 fully saturated rings. The monoisotopic (exact) mass is 337 g/mol. The second kappa shape index (κ2) is 7.80. The highest BCUT2D eigenvalue weighted by molar-refractivity contribution is 5.91. The predicted molar refractivity (Wildman–Crippen MR) is 98.7 cm³/mol. The molecular formula is C20H23N3O2. The highest BCUT2D eigenvalue weighted by Crippen LogP contribution is 2.19. The van der Waals surface area contributed by atoms with Crippen molar-refractivity contribution in [2.45, 2.75) is 46.5 Å². The molecule has 2 rings (SSSR count). The number of hydrogen-bond donors (Lipinski definition) is 2. The lowest BCUT2D eigenvalue weighted by Crippen LogP contribution is -2.18. The van der Waals surface area contributed by atoms with Crippen molar-refractivity contribution in [3.05, 3.63) is 62.6 Å². The molecule has 25 heavy (non-hydrogen) atoms. The van der Waals surface area contributed by atoms with Gasteiger partial charge in [0, 0.05) is 17.8 Å². The summed E-state index contributed by atoms with van der Waals surface area (Å²) in [6.07, 6.45) is 0.753. The summed E-state index contributed by atoms with van der Waals surface area (Å²) in [6, 6.07) is 9.75. The van der Waals surface area contributed by atoms with Crippen LogP contribution in [0.15, 0.2) is 29.1 Å². The van der Waals surface area contributed by atoms with E-state index in [1.54, 1.807) is 13.8 Å². The normalized spacial score (nSPS) is 10.6. The number of anilines is 1. The number of hydrogen-bond acceptors (Lipinski definition) is 3. The van der Waals surface area contributed by atoms with Gasteiger partial charge in [-0.3, -0.25) is 9.59 Å². The lowest BCUT2D eigenvalue weighted by Gasteiger charge is -2.12. The van der Waals surface area contributed by atoms with Crippen molar-refractivity contribution in [3.63, 3.8) is 0 Å². The summed E-state index contributed by atoms with van der Waals surface area (Å²) >= 11 is 0. The Morgan fingerprint density at radius 2 is 2.04 bits per heavy atom. The molecule has 0 unspecified atom stereocenters. The molecule has 130 valence electrons. The molecular weight excluding hydrogens is 314 g/mol. The molecule has 0 aliphatic heterocycles. The fourth-order valence-electron chi connectivity index (χ4n) is 2.86. The molecule has 1 amide bonds. The average Bonchev–Trinajstić information content (AvgIpc) is 2.54. The zero-order valence-electron chi connectivity index (χ0n) is 15.1. The third kappa shape index (κ3) is 4.36. The van der Waals surface area contributed by atoms with Gasteiger partial charge in [0.05, 0.1) is 0 Å². The second-order valence-electron chi connectivity index (χ2n) is 6.50. The number of pyridine rings is 1. The van der Waals surface area contributed by atoms with Gasteiger partial charge in [0.25, 0.3) is 5.56 Å². The Labute approximate surface area is 147 Å². The zero-order chi connectivity index (χ0) is 18.6. The first kappa shape index (κ1) is 18.5. The molecule has 1 heterocycles. The fraction of sp³-hybridized carbons (Fsp3) is 0.350. The largest absolute Gasteiger partial charge is 0.326 e. The first-order valence-corrected chi connectivity index (χ1v) is 8.35. The smallest absolute Gasteiger partial charge is 0.266 e. The summed E-state index contributed by atoms with van der Waals surface area (Å²) in [5.41, 5.74) is 3.89. The number of carbonyl (C=O) groups is 1. The zero-order valence-corrected chi connectivity index (χ0v) is 15.1.